The van der Waals surface area contributed by atoms with Crippen LogP contribution in [0.4, 0.5) is 0 Å². The molecule has 8 nitrogen and oxygen atoms in total. The molecule has 31 heavy (non-hydrogen) atoms. The van der Waals surface area contributed by atoms with E-state index < -0.39 is 10.0 Å². The average molecular weight is 448 g/mol. The van der Waals surface area contributed by atoms with Gasteiger partial charge >= 0.3 is 0 Å². The molecular formula is C22H29N3O5S. The summed E-state index contributed by atoms with van der Waals surface area (Å²) in [7, 11) is -3.68. The van der Waals surface area contributed by atoms with Crippen LogP contribution in [0.1, 0.15) is 6.92 Å². The molecule has 1 amide bonds. The Labute approximate surface area is 183 Å². The Morgan fingerprint density at radius 2 is 1.65 bits per heavy atom. The van der Waals surface area contributed by atoms with Crippen molar-refractivity contribution < 1.29 is 22.7 Å². The smallest absolute Gasteiger partial charge is 0.243 e. The number of ether oxygens (including phenoxy) is 2. The second-order valence-electron chi connectivity index (χ2n) is 7.71. The summed E-state index contributed by atoms with van der Waals surface area (Å²) >= 11 is 0. The second kappa shape index (κ2) is 9.52. The van der Waals surface area contributed by atoms with Gasteiger partial charge in [-0.05, 0) is 19.1 Å². The van der Waals surface area contributed by atoms with Crippen molar-refractivity contribution in [3.63, 3.8) is 0 Å². The van der Waals surface area contributed by atoms with Crippen LogP contribution in [-0.2, 0) is 19.6 Å². The SMILES string of the molecule is CCOc1ccc(S(=O)(=O)N2CCN(C(=O)CN3CCOCC3)CC2)c2ccccc12. The Kier molecular flexibility index (Phi) is 6.76. The van der Waals surface area contributed by atoms with Gasteiger partial charge in [0, 0.05) is 50.0 Å². The lowest BCUT2D eigenvalue weighted by Crippen LogP contribution is -2.53. The number of rotatable bonds is 6. The lowest BCUT2D eigenvalue weighted by atomic mass is 10.1. The van der Waals surface area contributed by atoms with E-state index in [1.165, 1.54) is 4.31 Å². The number of carbonyl (C=O) groups excluding carboxylic acids is 1. The molecule has 0 unspecified atom stereocenters. The van der Waals surface area contributed by atoms with Crippen molar-refractivity contribution >= 4 is 26.7 Å². The number of hydrogen-bond acceptors (Lipinski definition) is 6. The molecule has 2 aromatic carbocycles. The normalized spacial score (nSPS) is 18.9. The van der Waals surface area contributed by atoms with Gasteiger partial charge in [-0.1, -0.05) is 24.3 Å². The molecule has 0 aliphatic carbocycles. The van der Waals surface area contributed by atoms with Gasteiger partial charge in [-0.15, -0.1) is 0 Å². The van der Waals surface area contributed by atoms with Crippen LogP contribution >= 0.6 is 0 Å². The molecule has 2 aromatic rings. The summed E-state index contributed by atoms with van der Waals surface area (Å²) in [6, 6.07) is 10.7. The summed E-state index contributed by atoms with van der Waals surface area (Å²) in [5, 5.41) is 1.43. The van der Waals surface area contributed by atoms with Gasteiger partial charge in [0.05, 0.1) is 31.3 Å². The highest BCUT2D eigenvalue weighted by molar-refractivity contribution is 7.89. The van der Waals surface area contributed by atoms with Crippen molar-refractivity contribution in [2.45, 2.75) is 11.8 Å². The van der Waals surface area contributed by atoms with Crippen molar-refractivity contribution in [3.8, 4) is 5.75 Å². The minimum atomic E-state index is -3.68. The highest BCUT2D eigenvalue weighted by Crippen LogP contribution is 2.32. The van der Waals surface area contributed by atoms with Crippen LogP contribution in [-0.4, -0.2) is 94.1 Å². The molecule has 2 saturated heterocycles. The Morgan fingerprint density at radius 3 is 2.32 bits per heavy atom. The maximum atomic E-state index is 13.4. The summed E-state index contributed by atoms with van der Waals surface area (Å²) in [5.74, 6) is 0.723. The van der Waals surface area contributed by atoms with E-state index in [4.69, 9.17) is 9.47 Å². The van der Waals surface area contributed by atoms with E-state index in [0.717, 1.165) is 18.5 Å². The van der Waals surface area contributed by atoms with Crippen LogP contribution in [0.25, 0.3) is 10.8 Å². The molecule has 2 heterocycles. The van der Waals surface area contributed by atoms with E-state index in [9.17, 15) is 13.2 Å². The van der Waals surface area contributed by atoms with Crippen molar-refractivity contribution in [2.24, 2.45) is 0 Å². The fourth-order valence-electron chi connectivity index (χ4n) is 4.12. The third-order valence-corrected chi connectivity index (χ3v) is 7.77. The molecule has 0 radical (unpaired) electrons. The molecule has 0 bridgehead atoms. The lowest BCUT2D eigenvalue weighted by molar-refractivity contribution is -0.134. The third kappa shape index (κ3) is 4.69. The van der Waals surface area contributed by atoms with Gasteiger partial charge in [-0.2, -0.15) is 4.31 Å². The van der Waals surface area contributed by atoms with Gasteiger partial charge < -0.3 is 14.4 Å². The van der Waals surface area contributed by atoms with Crippen LogP contribution in [0.2, 0.25) is 0 Å². The maximum absolute atomic E-state index is 13.4. The number of carbonyl (C=O) groups is 1. The standard InChI is InChI=1S/C22H29N3O5S/c1-2-30-20-7-8-21(19-6-4-3-5-18(19)20)31(27,28)25-11-9-24(10-12-25)22(26)17-23-13-15-29-16-14-23/h3-8H,2,9-17H2,1H3. The monoisotopic (exact) mass is 447 g/mol. The van der Waals surface area contributed by atoms with E-state index in [1.54, 1.807) is 17.0 Å². The fourth-order valence-corrected chi connectivity index (χ4v) is 5.74. The summed E-state index contributed by atoms with van der Waals surface area (Å²) in [5.41, 5.74) is 0. The first-order valence-corrected chi connectivity index (χ1v) is 12.2. The molecule has 168 valence electrons. The van der Waals surface area contributed by atoms with Crippen molar-refractivity contribution in [2.75, 3.05) is 65.6 Å². The number of amides is 1. The summed E-state index contributed by atoms with van der Waals surface area (Å²) in [6.07, 6.45) is 0. The van der Waals surface area contributed by atoms with Gasteiger partial charge in [0.2, 0.25) is 15.9 Å². The molecule has 0 saturated carbocycles. The fraction of sp³-hybridized carbons (Fsp3) is 0.500. The van der Waals surface area contributed by atoms with E-state index in [-0.39, 0.29) is 10.8 Å². The predicted molar refractivity (Wildman–Crippen MR) is 118 cm³/mol. The molecule has 2 aliphatic heterocycles. The average Bonchev–Trinajstić information content (AvgIpc) is 2.80. The number of piperazine rings is 1. The van der Waals surface area contributed by atoms with Crippen molar-refractivity contribution in [3.05, 3.63) is 36.4 Å². The zero-order valence-electron chi connectivity index (χ0n) is 17.8. The van der Waals surface area contributed by atoms with Crippen LogP contribution in [0, 0.1) is 0 Å². The molecule has 4 rings (SSSR count). The maximum Gasteiger partial charge on any atom is 0.243 e. The Morgan fingerprint density at radius 1 is 0.968 bits per heavy atom. The number of benzene rings is 2. The number of hydrogen-bond donors (Lipinski definition) is 0. The topological polar surface area (TPSA) is 79.4 Å². The first kappa shape index (κ1) is 22.0. The van der Waals surface area contributed by atoms with Crippen LogP contribution in [0.15, 0.2) is 41.3 Å². The van der Waals surface area contributed by atoms with Crippen LogP contribution < -0.4 is 4.74 Å². The van der Waals surface area contributed by atoms with E-state index in [2.05, 4.69) is 4.90 Å². The van der Waals surface area contributed by atoms with Gasteiger partial charge in [-0.25, -0.2) is 8.42 Å². The minimum absolute atomic E-state index is 0.0467. The van der Waals surface area contributed by atoms with Crippen LogP contribution in [0.3, 0.4) is 0 Å². The van der Waals surface area contributed by atoms with E-state index >= 15 is 0 Å². The van der Waals surface area contributed by atoms with Gasteiger partial charge in [0.15, 0.2) is 0 Å². The Hall–Kier alpha value is -2.20. The van der Waals surface area contributed by atoms with Crippen molar-refractivity contribution in [1.29, 1.82) is 0 Å². The molecule has 2 fully saturated rings. The molecule has 0 N–H and O–H groups in total. The first-order valence-electron chi connectivity index (χ1n) is 10.7. The molecule has 0 aromatic heterocycles. The number of nitrogens with zero attached hydrogens (tertiary/aromatic N) is 3. The predicted octanol–water partition coefficient (Wildman–Crippen LogP) is 1.40. The minimum Gasteiger partial charge on any atom is -0.493 e. The Balaban J connectivity index is 1.47. The molecule has 9 heteroatoms. The lowest BCUT2D eigenvalue weighted by Gasteiger charge is -2.35. The highest BCUT2D eigenvalue weighted by atomic mass is 32.2. The molecule has 2 aliphatic rings. The second-order valence-corrected chi connectivity index (χ2v) is 9.62. The molecule has 0 spiro atoms. The first-order chi connectivity index (χ1) is 15.0. The van der Waals surface area contributed by atoms with Gasteiger partial charge in [0.25, 0.3) is 0 Å². The number of morpholine rings is 1. The zero-order chi connectivity index (χ0) is 21.8. The van der Waals surface area contributed by atoms with Crippen LogP contribution in [0.5, 0.6) is 5.75 Å². The number of sulfonamides is 1. The van der Waals surface area contributed by atoms with Crippen molar-refractivity contribution in [1.82, 2.24) is 14.1 Å². The van der Waals surface area contributed by atoms with E-state index in [1.807, 2.05) is 31.2 Å². The summed E-state index contributed by atoms with van der Waals surface area (Å²) < 4.78 is 39.3. The zero-order valence-corrected chi connectivity index (χ0v) is 18.6. The summed E-state index contributed by atoms with van der Waals surface area (Å²) in [4.78, 5) is 16.8. The largest absolute Gasteiger partial charge is 0.493 e. The van der Waals surface area contributed by atoms with E-state index in [0.29, 0.717) is 63.7 Å². The number of fused-ring (bicyclic) bond motifs is 1. The molecular weight excluding hydrogens is 418 g/mol. The highest BCUT2D eigenvalue weighted by Gasteiger charge is 2.32. The molecule has 0 atom stereocenters. The third-order valence-electron chi connectivity index (χ3n) is 5.82. The Bertz CT molecular complexity index is 1030. The van der Waals surface area contributed by atoms with Gasteiger partial charge in [0.1, 0.15) is 5.75 Å². The quantitative estimate of drug-likeness (QED) is 0.666. The van der Waals surface area contributed by atoms with Gasteiger partial charge in [-0.3, -0.25) is 9.69 Å². The summed E-state index contributed by atoms with van der Waals surface area (Å²) in [6.45, 7) is 6.96.